The lowest BCUT2D eigenvalue weighted by Gasteiger charge is -2.40. The van der Waals surface area contributed by atoms with Crippen molar-refractivity contribution in [3.8, 4) is 0 Å². The van der Waals surface area contributed by atoms with Crippen LogP contribution in [0.15, 0.2) is 12.2 Å². The summed E-state index contributed by atoms with van der Waals surface area (Å²) in [6, 6.07) is 0. The van der Waals surface area contributed by atoms with E-state index in [1.54, 1.807) is 0 Å². The van der Waals surface area contributed by atoms with E-state index in [2.05, 4.69) is 26.0 Å². The van der Waals surface area contributed by atoms with Gasteiger partial charge in [0.1, 0.15) is 36.8 Å². The zero-order valence-corrected chi connectivity index (χ0v) is 39.4. The van der Waals surface area contributed by atoms with Crippen molar-refractivity contribution in [1.29, 1.82) is 0 Å². The van der Waals surface area contributed by atoms with E-state index in [1.807, 2.05) is 0 Å². The fourth-order valence-corrected chi connectivity index (χ4v) is 8.42. The number of ether oxygens (including phenoxy) is 4. The van der Waals surface area contributed by atoms with Crippen LogP contribution in [0, 0.1) is 0 Å². The molecule has 1 aliphatic heterocycles. The average Bonchev–Trinajstić information content (AvgIpc) is 3.22. The minimum absolute atomic E-state index is 0.169. The molecule has 1 rings (SSSR count). The summed E-state index contributed by atoms with van der Waals surface area (Å²) in [5, 5.41) is 30.9. The average molecular weight is 891 g/mol. The minimum atomic E-state index is -4.60. The molecule has 2 unspecified atom stereocenters. The fourth-order valence-electron chi connectivity index (χ4n) is 7.73. The van der Waals surface area contributed by atoms with Crippen molar-refractivity contribution in [2.75, 3.05) is 19.0 Å². The number of hydrogen-bond donors (Lipinski definition) is 4. The number of hydrogen-bond acceptors (Lipinski definition) is 11. The van der Waals surface area contributed by atoms with E-state index in [0.717, 1.165) is 57.8 Å². The predicted molar refractivity (Wildman–Crippen MR) is 243 cm³/mol. The van der Waals surface area contributed by atoms with Crippen LogP contribution in [0.3, 0.4) is 0 Å². The third-order valence-electron chi connectivity index (χ3n) is 11.6. The number of carbonyl (C=O) groups excluding carboxylic acids is 2. The molecule has 1 saturated heterocycles. The molecule has 6 atom stereocenters. The second-order valence-electron chi connectivity index (χ2n) is 17.5. The largest absolute Gasteiger partial charge is 0.462 e. The first-order chi connectivity index (χ1) is 29.5. The Morgan fingerprint density at radius 3 is 1.36 bits per heavy atom. The summed E-state index contributed by atoms with van der Waals surface area (Å²) in [5.41, 5.74) is 0. The molecule has 360 valence electrons. The molecule has 0 aliphatic carbocycles. The molecule has 0 aromatic heterocycles. The van der Waals surface area contributed by atoms with Gasteiger partial charge in [0.05, 0.1) is 6.61 Å². The molecule has 0 aromatic carbocycles. The fraction of sp³-hybridized carbons (Fsp3) is 0.917. The van der Waals surface area contributed by atoms with Crippen LogP contribution >= 0.6 is 0 Å². The SMILES string of the molecule is CCCCCCC/C=C/CCCCCCCC(=O)OC[C@H](CO[C@H]1O[C@H](CS(=O)(=O)O)[C@@H](O)C(O)C1O)OC(=O)CCCCCCCCCCCCCCCCCCCCC. The zero-order chi connectivity index (χ0) is 44.8. The van der Waals surface area contributed by atoms with Gasteiger partial charge < -0.3 is 34.3 Å². The maximum absolute atomic E-state index is 12.8. The second-order valence-corrected chi connectivity index (χ2v) is 19.0. The van der Waals surface area contributed by atoms with Crippen LogP contribution in [0.5, 0.6) is 0 Å². The summed E-state index contributed by atoms with van der Waals surface area (Å²) in [5.74, 6) is -1.98. The lowest BCUT2D eigenvalue weighted by atomic mass is 10.00. The van der Waals surface area contributed by atoms with E-state index < -0.39 is 71.2 Å². The van der Waals surface area contributed by atoms with Crippen LogP contribution in [0.1, 0.15) is 226 Å². The summed E-state index contributed by atoms with van der Waals surface area (Å²) < 4.78 is 54.2. The number of aliphatic hydroxyl groups is 3. The molecule has 61 heavy (non-hydrogen) atoms. The molecular weight excluding hydrogens is 801 g/mol. The van der Waals surface area contributed by atoms with Gasteiger partial charge in [-0.25, -0.2) is 0 Å². The molecule has 12 nitrogen and oxygen atoms in total. The minimum Gasteiger partial charge on any atom is -0.462 e. The Balaban J connectivity index is 2.38. The zero-order valence-electron chi connectivity index (χ0n) is 38.5. The summed E-state index contributed by atoms with van der Waals surface area (Å²) in [4.78, 5) is 25.5. The Morgan fingerprint density at radius 2 is 0.934 bits per heavy atom. The third-order valence-corrected chi connectivity index (χ3v) is 12.3. The monoisotopic (exact) mass is 891 g/mol. The highest BCUT2D eigenvalue weighted by molar-refractivity contribution is 7.85. The van der Waals surface area contributed by atoms with Crippen molar-refractivity contribution in [2.24, 2.45) is 0 Å². The Bertz CT molecular complexity index is 1180. The molecule has 1 heterocycles. The van der Waals surface area contributed by atoms with Crippen LogP contribution in [0.4, 0.5) is 0 Å². The van der Waals surface area contributed by atoms with Crippen molar-refractivity contribution < 1.29 is 56.8 Å². The Kier molecular flexibility index (Phi) is 36.5. The van der Waals surface area contributed by atoms with E-state index in [1.165, 1.54) is 128 Å². The molecule has 0 saturated carbocycles. The summed E-state index contributed by atoms with van der Waals surface area (Å²) in [6.07, 6.45) is 32.5. The van der Waals surface area contributed by atoms with Gasteiger partial charge in [-0.2, -0.15) is 8.42 Å². The molecule has 1 fully saturated rings. The first-order valence-electron chi connectivity index (χ1n) is 24.7. The number of allylic oxidation sites excluding steroid dienone is 2. The first kappa shape index (κ1) is 57.4. The Morgan fingerprint density at radius 1 is 0.541 bits per heavy atom. The van der Waals surface area contributed by atoms with Gasteiger partial charge in [-0.05, 0) is 38.5 Å². The normalized spacial score (nSPS) is 20.0. The van der Waals surface area contributed by atoms with Gasteiger partial charge in [0, 0.05) is 12.8 Å². The maximum Gasteiger partial charge on any atom is 0.306 e. The maximum atomic E-state index is 12.8. The van der Waals surface area contributed by atoms with E-state index in [4.69, 9.17) is 18.9 Å². The van der Waals surface area contributed by atoms with E-state index >= 15 is 0 Å². The summed E-state index contributed by atoms with van der Waals surface area (Å²) in [6.45, 7) is 3.77. The Hall–Kier alpha value is -1.61. The van der Waals surface area contributed by atoms with Crippen molar-refractivity contribution >= 4 is 22.1 Å². The molecule has 0 spiro atoms. The van der Waals surface area contributed by atoms with Crippen LogP contribution in [-0.4, -0.2) is 96.0 Å². The van der Waals surface area contributed by atoms with Crippen LogP contribution in [0.25, 0.3) is 0 Å². The van der Waals surface area contributed by atoms with E-state index in [9.17, 15) is 37.9 Å². The lowest BCUT2D eigenvalue weighted by Crippen LogP contribution is -2.60. The van der Waals surface area contributed by atoms with Crippen molar-refractivity contribution in [2.45, 2.75) is 263 Å². The van der Waals surface area contributed by atoms with Gasteiger partial charge >= 0.3 is 11.9 Å². The highest BCUT2D eigenvalue weighted by atomic mass is 32.2. The van der Waals surface area contributed by atoms with Gasteiger partial charge in [-0.15, -0.1) is 0 Å². The highest BCUT2D eigenvalue weighted by Crippen LogP contribution is 2.24. The van der Waals surface area contributed by atoms with Crippen molar-refractivity contribution in [1.82, 2.24) is 0 Å². The van der Waals surface area contributed by atoms with Crippen LogP contribution in [-0.2, 0) is 38.7 Å². The van der Waals surface area contributed by atoms with Gasteiger partial charge in [0.15, 0.2) is 12.4 Å². The van der Waals surface area contributed by atoms with Gasteiger partial charge in [0.2, 0.25) is 0 Å². The summed E-state index contributed by atoms with van der Waals surface area (Å²) in [7, 11) is -4.60. The summed E-state index contributed by atoms with van der Waals surface area (Å²) >= 11 is 0. The van der Waals surface area contributed by atoms with Gasteiger partial charge in [0.25, 0.3) is 10.1 Å². The molecule has 1 aliphatic rings. The molecule has 4 N–H and O–H groups in total. The number of aliphatic hydroxyl groups excluding tert-OH is 3. The van der Waals surface area contributed by atoms with Crippen molar-refractivity contribution in [3.05, 3.63) is 12.2 Å². The topological polar surface area (TPSA) is 186 Å². The third kappa shape index (κ3) is 33.6. The quantitative estimate of drug-likeness (QED) is 0.0197. The first-order valence-corrected chi connectivity index (χ1v) is 26.4. The molecule has 13 heteroatoms. The van der Waals surface area contributed by atoms with Crippen LogP contribution < -0.4 is 0 Å². The molecule has 0 radical (unpaired) electrons. The van der Waals surface area contributed by atoms with E-state index in [-0.39, 0.29) is 19.4 Å². The number of carbonyl (C=O) groups is 2. The lowest BCUT2D eigenvalue weighted by molar-refractivity contribution is -0.297. The molecule has 0 bridgehead atoms. The molecule has 0 amide bonds. The second kappa shape index (κ2) is 38.8. The number of esters is 2. The Labute approximate surface area is 371 Å². The number of rotatable bonds is 42. The van der Waals surface area contributed by atoms with Gasteiger partial charge in [-0.3, -0.25) is 14.1 Å². The number of unbranched alkanes of at least 4 members (excludes halogenated alkanes) is 28. The smallest absolute Gasteiger partial charge is 0.306 e. The van der Waals surface area contributed by atoms with Crippen molar-refractivity contribution in [3.63, 3.8) is 0 Å². The molecular formula is C48H90O12S. The predicted octanol–water partition coefficient (Wildman–Crippen LogP) is 10.6. The van der Waals surface area contributed by atoms with E-state index in [0.29, 0.717) is 12.8 Å². The van der Waals surface area contributed by atoms with Gasteiger partial charge in [-0.1, -0.05) is 187 Å². The molecule has 0 aromatic rings. The standard InChI is InChI=1S/C48H90O12S/c1-3-5-7-9-11-13-15-17-19-20-21-22-23-25-27-29-31-33-35-37-44(50)59-41(39-58-48-47(53)46(52)45(51)42(60-48)40-61(54,55)56)38-57-43(49)36-34-32-30-28-26-24-18-16-14-12-10-8-6-4-2/h16,18,41-42,45-48,51-53H,3-15,17,19-40H2,1-2H3,(H,54,55,56)/b18-16+/t41-,42-,45-,46?,47?,48+/m1/s1. The van der Waals surface area contributed by atoms with Crippen LogP contribution in [0.2, 0.25) is 0 Å². The highest BCUT2D eigenvalue weighted by Gasteiger charge is 2.46.